The van der Waals surface area contributed by atoms with Crippen molar-refractivity contribution in [2.45, 2.75) is 38.8 Å². The second-order valence-electron chi connectivity index (χ2n) is 6.02. The Hall–Kier alpha value is -1.72. The molecule has 1 aliphatic heterocycles. The van der Waals surface area contributed by atoms with Gasteiger partial charge in [0.25, 0.3) is 0 Å². The van der Waals surface area contributed by atoms with Crippen LogP contribution in [0.4, 0.5) is 0 Å². The number of hydrogen-bond donors (Lipinski definition) is 1. The van der Waals surface area contributed by atoms with Crippen LogP contribution in [0.25, 0.3) is 0 Å². The van der Waals surface area contributed by atoms with Crippen LogP contribution in [-0.4, -0.2) is 58.1 Å². The Balaban J connectivity index is 1.92. The zero-order valence-corrected chi connectivity index (χ0v) is 13.9. The molecular weight excluding hydrogens is 290 g/mol. The van der Waals surface area contributed by atoms with E-state index in [9.17, 15) is 9.90 Å². The first-order valence-corrected chi connectivity index (χ1v) is 8.45. The summed E-state index contributed by atoms with van der Waals surface area (Å²) in [4.78, 5) is 20.1. The Labute approximate surface area is 138 Å². The molecule has 0 radical (unpaired) electrons. The highest BCUT2D eigenvalue weighted by molar-refractivity contribution is 5.75. The number of carboxylic acid groups (broad SMARTS) is 1. The van der Waals surface area contributed by atoms with Gasteiger partial charge in [0.05, 0.1) is 0 Å². The van der Waals surface area contributed by atoms with Crippen LogP contribution in [0.15, 0.2) is 36.7 Å². The summed E-state index contributed by atoms with van der Waals surface area (Å²) in [6.45, 7) is 6.53. The molecule has 0 spiro atoms. The first-order chi connectivity index (χ1) is 11.2. The lowest BCUT2D eigenvalue weighted by molar-refractivity contribution is -0.141. The SMILES string of the molecule is CCCC=CC(C(=O)O)N1CCCN(Cc2ccncc2)CC1. The highest BCUT2D eigenvalue weighted by atomic mass is 16.4. The molecule has 0 aromatic carbocycles. The van der Waals surface area contributed by atoms with E-state index in [4.69, 9.17) is 0 Å². The summed E-state index contributed by atoms with van der Waals surface area (Å²) in [7, 11) is 0. The van der Waals surface area contributed by atoms with Crippen molar-refractivity contribution >= 4 is 5.97 Å². The van der Waals surface area contributed by atoms with Gasteiger partial charge in [-0.1, -0.05) is 25.5 Å². The Bertz CT molecular complexity index is 504. The highest BCUT2D eigenvalue weighted by Gasteiger charge is 2.25. The molecule has 1 fully saturated rings. The molecule has 1 unspecified atom stereocenters. The van der Waals surface area contributed by atoms with Gasteiger partial charge in [0.2, 0.25) is 0 Å². The lowest BCUT2D eigenvalue weighted by Gasteiger charge is -2.25. The molecule has 0 saturated carbocycles. The van der Waals surface area contributed by atoms with Gasteiger partial charge >= 0.3 is 5.97 Å². The average Bonchev–Trinajstić information content (AvgIpc) is 2.78. The van der Waals surface area contributed by atoms with Gasteiger partial charge in [-0.2, -0.15) is 0 Å². The van der Waals surface area contributed by atoms with Crippen molar-refractivity contribution in [3.63, 3.8) is 0 Å². The van der Waals surface area contributed by atoms with E-state index in [-0.39, 0.29) is 0 Å². The van der Waals surface area contributed by atoms with Crippen molar-refractivity contribution in [3.05, 3.63) is 42.2 Å². The van der Waals surface area contributed by atoms with Gasteiger partial charge in [0, 0.05) is 38.6 Å². The van der Waals surface area contributed by atoms with Gasteiger partial charge in [0.1, 0.15) is 6.04 Å². The second kappa shape index (κ2) is 9.43. The number of carboxylic acids is 1. The fraction of sp³-hybridized carbons (Fsp3) is 0.556. The van der Waals surface area contributed by atoms with E-state index in [1.807, 2.05) is 36.7 Å². The second-order valence-corrected chi connectivity index (χ2v) is 6.02. The highest BCUT2D eigenvalue weighted by Crippen LogP contribution is 2.12. The van der Waals surface area contributed by atoms with Gasteiger partial charge in [-0.05, 0) is 37.1 Å². The first-order valence-electron chi connectivity index (χ1n) is 8.45. The zero-order valence-electron chi connectivity index (χ0n) is 13.9. The summed E-state index contributed by atoms with van der Waals surface area (Å²) >= 11 is 0. The Morgan fingerprint density at radius 3 is 2.78 bits per heavy atom. The molecule has 0 amide bonds. The summed E-state index contributed by atoms with van der Waals surface area (Å²) < 4.78 is 0. The van der Waals surface area contributed by atoms with E-state index in [2.05, 4.69) is 21.7 Å². The molecule has 1 aromatic heterocycles. The van der Waals surface area contributed by atoms with Crippen LogP contribution >= 0.6 is 0 Å². The first kappa shape index (κ1) is 17.6. The van der Waals surface area contributed by atoms with E-state index < -0.39 is 12.0 Å². The van der Waals surface area contributed by atoms with Crippen LogP contribution in [0.2, 0.25) is 0 Å². The van der Waals surface area contributed by atoms with Crippen LogP contribution in [0.5, 0.6) is 0 Å². The lowest BCUT2D eigenvalue weighted by atomic mass is 10.2. The fourth-order valence-corrected chi connectivity index (χ4v) is 2.93. The normalized spacial score (nSPS) is 18.8. The third kappa shape index (κ3) is 5.77. The summed E-state index contributed by atoms with van der Waals surface area (Å²) in [5, 5.41) is 9.50. The number of nitrogens with zero attached hydrogens (tertiary/aromatic N) is 3. The Morgan fingerprint density at radius 1 is 1.30 bits per heavy atom. The minimum Gasteiger partial charge on any atom is -0.480 e. The number of aliphatic carboxylic acids is 1. The van der Waals surface area contributed by atoms with Crippen molar-refractivity contribution in [1.82, 2.24) is 14.8 Å². The fourth-order valence-electron chi connectivity index (χ4n) is 2.93. The van der Waals surface area contributed by atoms with Gasteiger partial charge in [0.15, 0.2) is 0 Å². The number of unbranched alkanes of at least 4 members (excludes halogenated alkanes) is 1. The molecule has 1 aromatic rings. The molecule has 1 atom stereocenters. The summed E-state index contributed by atoms with van der Waals surface area (Å²) in [5.41, 5.74) is 1.26. The van der Waals surface area contributed by atoms with Crippen LogP contribution < -0.4 is 0 Å². The van der Waals surface area contributed by atoms with Gasteiger partial charge in [-0.3, -0.25) is 19.6 Å². The number of carbonyl (C=O) groups is 1. The number of pyridine rings is 1. The summed E-state index contributed by atoms with van der Waals surface area (Å²) in [5.74, 6) is -0.750. The van der Waals surface area contributed by atoms with Crippen LogP contribution in [0, 0.1) is 0 Å². The van der Waals surface area contributed by atoms with Gasteiger partial charge < -0.3 is 5.11 Å². The van der Waals surface area contributed by atoms with Gasteiger partial charge in [-0.15, -0.1) is 0 Å². The van der Waals surface area contributed by atoms with Crippen molar-refractivity contribution < 1.29 is 9.90 Å². The van der Waals surface area contributed by atoms with Crippen LogP contribution in [0.1, 0.15) is 31.7 Å². The topological polar surface area (TPSA) is 56.7 Å². The largest absolute Gasteiger partial charge is 0.480 e. The van der Waals surface area contributed by atoms with Crippen molar-refractivity contribution in [2.24, 2.45) is 0 Å². The molecule has 2 heterocycles. The van der Waals surface area contributed by atoms with Crippen LogP contribution in [0.3, 0.4) is 0 Å². The smallest absolute Gasteiger partial charge is 0.324 e. The molecule has 5 nitrogen and oxygen atoms in total. The predicted molar refractivity (Wildman–Crippen MR) is 91.2 cm³/mol. The number of hydrogen-bond acceptors (Lipinski definition) is 4. The summed E-state index contributed by atoms with van der Waals surface area (Å²) in [6, 6.07) is 3.58. The van der Waals surface area contributed by atoms with Crippen molar-refractivity contribution in [3.8, 4) is 0 Å². The molecule has 126 valence electrons. The van der Waals surface area contributed by atoms with E-state index >= 15 is 0 Å². The molecule has 0 aliphatic carbocycles. The molecule has 1 aliphatic rings. The summed E-state index contributed by atoms with van der Waals surface area (Å²) in [6.07, 6.45) is 10.5. The number of aromatic nitrogens is 1. The monoisotopic (exact) mass is 317 g/mol. The molecule has 2 rings (SSSR count). The lowest BCUT2D eigenvalue weighted by Crippen LogP contribution is -2.42. The van der Waals surface area contributed by atoms with Crippen molar-refractivity contribution in [2.75, 3.05) is 26.2 Å². The standard InChI is InChI=1S/C18H27N3O2/c1-2-3-4-6-17(18(22)23)21-12-5-11-20(13-14-21)15-16-7-9-19-10-8-16/h4,6-10,17H,2-3,5,11-15H2,1H3,(H,22,23). The maximum absolute atomic E-state index is 11.6. The maximum atomic E-state index is 11.6. The Morgan fingerprint density at radius 2 is 2.09 bits per heavy atom. The minimum absolute atomic E-state index is 0.498. The average molecular weight is 317 g/mol. The van der Waals surface area contributed by atoms with E-state index in [0.29, 0.717) is 0 Å². The third-order valence-corrected chi connectivity index (χ3v) is 4.20. The quantitative estimate of drug-likeness (QED) is 0.783. The molecule has 1 N–H and O–H groups in total. The maximum Gasteiger partial charge on any atom is 0.324 e. The molecule has 5 heteroatoms. The van der Waals surface area contributed by atoms with Crippen molar-refractivity contribution in [1.29, 1.82) is 0 Å². The van der Waals surface area contributed by atoms with Crippen LogP contribution in [-0.2, 0) is 11.3 Å². The van der Waals surface area contributed by atoms with E-state index in [1.54, 1.807) is 0 Å². The molecular formula is C18H27N3O2. The molecule has 0 bridgehead atoms. The third-order valence-electron chi connectivity index (χ3n) is 4.20. The minimum atomic E-state index is -0.750. The van der Waals surface area contributed by atoms with E-state index in [1.165, 1.54) is 5.56 Å². The predicted octanol–water partition coefficient (Wildman–Crippen LogP) is 2.40. The zero-order chi connectivity index (χ0) is 16.5. The number of rotatable bonds is 7. The van der Waals surface area contributed by atoms with E-state index in [0.717, 1.165) is 52.0 Å². The molecule has 1 saturated heterocycles. The van der Waals surface area contributed by atoms with Gasteiger partial charge in [-0.25, -0.2) is 0 Å². The Kier molecular flexibility index (Phi) is 7.23. The number of allylic oxidation sites excluding steroid dienone is 1. The molecule has 23 heavy (non-hydrogen) atoms.